The molecule has 0 aliphatic rings. The fraction of sp³-hybridized carbons (Fsp3) is 0.500. The van der Waals surface area contributed by atoms with Gasteiger partial charge in [0.15, 0.2) is 5.92 Å². The third kappa shape index (κ3) is 5.26. The topological polar surface area (TPSA) is 63.6 Å². The molecule has 0 radical (unpaired) electrons. The van der Waals surface area contributed by atoms with E-state index in [0.29, 0.717) is 5.56 Å². The van der Waals surface area contributed by atoms with E-state index >= 15 is 0 Å². The number of halogens is 3. The van der Waals surface area contributed by atoms with E-state index in [1.165, 1.54) is 19.1 Å². The Hall–Kier alpha value is -2.05. The summed E-state index contributed by atoms with van der Waals surface area (Å²) >= 11 is 0. The van der Waals surface area contributed by atoms with Crippen LogP contribution in [0.4, 0.5) is 13.2 Å². The zero-order valence-corrected chi connectivity index (χ0v) is 13.3. The number of carboxylic acid groups (broad SMARTS) is 1. The highest BCUT2D eigenvalue weighted by atomic mass is 19.4. The summed E-state index contributed by atoms with van der Waals surface area (Å²) < 4.78 is 42.7. The molecule has 0 fully saturated rings. The van der Waals surface area contributed by atoms with Crippen molar-refractivity contribution in [3.63, 3.8) is 0 Å². The number of aliphatic carboxylic acids is 1. The smallest absolute Gasteiger partial charge is 0.416 e. The standard InChI is InChI=1S/C16H19F3O4/c1-9(10-5-7-11(8-6-10)16(17,18)19)12(13(20)21)14(22)23-15(2,3)4/h5-9,12H,1-4H3,(H,20,21). The molecule has 128 valence electrons. The second-order valence-electron chi connectivity index (χ2n) is 6.26. The molecule has 0 spiro atoms. The van der Waals surface area contributed by atoms with Gasteiger partial charge in [-0.05, 0) is 38.5 Å². The molecule has 0 amide bonds. The van der Waals surface area contributed by atoms with Crippen molar-refractivity contribution in [2.45, 2.75) is 45.4 Å². The lowest BCUT2D eigenvalue weighted by atomic mass is 9.87. The summed E-state index contributed by atoms with van der Waals surface area (Å²) in [5.74, 6) is -4.63. The van der Waals surface area contributed by atoms with Crippen LogP contribution in [0.2, 0.25) is 0 Å². The normalized spacial score (nSPS) is 14.9. The largest absolute Gasteiger partial charge is 0.481 e. The molecule has 0 aliphatic heterocycles. The summed E-state index contributed by atoms with van der Waals surface area (Å²) in [7, 11) is 0. The van der Waals surface area contributed by atoms with E-state index in [-0.39, 0.29) is 0 Å². The molecule has 0 saturated carbocycles. The van der Waals surface area contributed by atoms with Crippen LogP contribution in [-0.2, 0) is 20.5 Å². The van der Waals surface area contributed by atoms with E-state index in [1.54, 1.807) is 20.8 Å². The van der Waals surface area contributed by atoms with Crippen molar-refractivity contribution < 1.29 is 32.6 Å². The van der Waals surface area contributed by atoms with Gasteiger partial charge in [0.2, 0.25) is 0 Å². The molecule has 1 aromatic carbocycles. The monoisotopic (exact) mass is 332 g/mol. The van der Waals surface area contributed by atoms with E-state index in [1.807, 2.05) is 0 Å². The van der Waals surface area contributed by atoms with Crippen LogP contribution in [0.3, 0.4) is 0 Å². The Morgan fingerprint density at radius 3 is 1.91 bits per heavy atom. The van der Waals surface area contributed by atoms with Crippen molar-refractivity contribution in [2.75, 3.05) is 0 Å². The van der Waals surface area contributed by atoms with Crippen LogP contribution in [0, 0.1) is 5.92 Å². The SMILES string of the molecule is CC(c1ccc(C(F)(F)F)cc1)C(C(=O)O)C(=O)OC(C)(C)C. The van der Waals surface area contributed by atoms with Gasteiger partial charge in [-0.25, -0.2) is 0 Å². The Morgan fingerprint density at radius 1 is 1.09 bits per heavy atom. The van der Waals surface area contributed by atoms with E-state index in [9.17, 15) is 27.9 Å². The maximum atomic E-state index is 12.6. The molecule has 0 aliphatic carbocycles. The summed E-state index contributed by atoms with van der Waals surface area (Å²) in [5, 5.41) is 9.28. The van der Waals surface area contributed by atoms with Gasteiger partial charge in [-0.3, -0.25) is 9.59 Å². The van der Waals surface area contributed by atoms with Crippen molar-refractivity contribution in [3.8, 4) is 0 Å². The number of carbonyl (C=O) groups is 2. The molecule has 23 heavy (non-hydrogen) atoms. The van der Waals surface area contributed by atoms with E-state index < -0.39 is 41.1 Å². The van der Waals surface area contributed by atoms with Gasteiger partial charge in [-0.2, -0.15) is 13.2 Å². The van der Waals surface area contributed by atoms with E-state index in [0.717, 1.165) is 12.1 Å². The Kier molecular flexibility index (Phi) is 5.45. The number of benzene rings is 1. The molecule has 0 heterocycles. The predicted octanol–water partition coefficient (Wildman–Crippen LogP) is 3.85. The van der Waals surface area contributed by atoms with Crippen LogP contribution < -0.4 is 0 Å². The molecule has 4 nitrogen and oxygen atoms in total. The van der Waals surface area contributed by atoms with Gasteiger partial charge in [0, 0.05) is 5.92 Å². The molecule has 1 N–H and O–H groups in total. The molecule has 0 saturated heterocycles. The maximum absolute atomic E-state index is 12.6. The Morgan fingerprint density at radius 2 is 1.57 bits per heavy atom. The predicted molar refractivity (Wildman–Crippen MR) is 76.8 cm³/mol. The van der Waals surface area contributed by atoms with Crippen LogP contribution in [0.5, 0.6) is 0 Å². The lowest BCUT2D eigenvalue weighted by Crippen LogP contribution is -2.35. The van der Waals surface area contributed by atoms with Crippen LogP contribution in [0.1, 0.15) is 44.7 Å². The van der Waals surface area contributed by atoms with Gasteiger partial charge in [0.1, 0.15) is 5.60 Å². The average molecular weight is 332 g/mol. The van der Waals surface area contributed by atoms with Gasteiger partial charge in [-0.15, -0.1) is 0 Å². The van der Waals surface area contributed by atoms with Crippen molar-refractivity contribution in [2.24, 2.45) is 5.92 Å². The molecule has 0 bridgehead atoms. The molecular formula is C16H19F3O4. The molecule has 0 aromatic heterocycles. The highest BCUT2D eigenvalue weighted by Crippen LogP contribution is 2.32. The minimum Gasteiger partial charge on any atom is -0.481 e. The second kappa shape index (κ2) is 6.60. The first kappa shape index (κ1) is 19.0. The van der Waals surface area contributed by atoms with Crippen molar-refractivity contribution in [3.05, 3.63) is 35.4 Å². The Balaban J connectivity index is 3.05. The lowest BCUT2D eigenvalue weighted by Gasteiger charge is -2.25. The third-order valence-electron chi connectivity index (χ3n) is 3.19. The number of alkyl halides is 3. The van der Waals surface area contributed by atoms with Crippen molar-refractivity contribution in [1.82, 2.24) is 0 Å². The fourth-order valence-corrected chi connectivity index (χ4v) is 2.05. The zero-order chi connectivity index (χ0) is 18.0. The minimum absolute atomic E-state index is 0.316. The number of carbonyl (C=O) groups excluding carboxylic acids is 1. The molecule has 2 atom stereocenters. The highest BCUT2D eigenvalue weighted by Gasteiger charge is 2.37. The summed E-state index contributed by atoms with van der Waals surface area (Å²) in [6, 6.07) is 4.07. The summed E-state index contributed by atoms with van der Waals surface area (Å²) in [6.45, 7) is 6.27. The van der Waals surface area contributed by atoms with Crippen molar-refractivity contribution >= 4 is 11.9 Å². The molecular weight excluding hydrogens is 313 g/mol. The van der Waals surface area contributed by atoms with Gasteiger partial charge in [0.05, 0.1) is 5.56 Å². The first-order chi connectivity index (χ1) is 10.3. The third-order valence-corrected chi connectivity index (χ3v) is 3.19. The number of ether oxygens (including phenoxy) is 1. The first-order valence-electron chi connectivity index (χ1n) is 6.96. The van der Waals surface area contributed by atoms with E-state index in [4.69, 9.17) is 4.74 Å². The number of esters is 1. The average Bonchev–Trinajstić information content (AvgIpc) is 2.35. The summed E-state index contributed by atoms with van der Waals surface area (Å²) in [4.78, 5) is 23.4. The molecule has 2 unspecified atom stereocenters. The highest BCUT2D eigenvalue weighted by molar-refractivity contribution is 5.95. The second-order valence-corrected chi connectivity index (χ2v) is 6.26. The number of carboxylic acids is 1. The van der Waals surface area contributed by atoms with E-state index in [2.05, 4.69) is 0 Å². The summed E-state index contributed by atoms with van der Waals surface area (Å²) in [6.07, 6.45) is -4.47. The van der Waals surface area contributed by atoms with Crippen LogP contribution >= 0.6 is 0 Å². The quantitative estimate of drug-likeness (QED) is 0.672. The number of hydrogen-bond acceptors (Lipinski definition) is 3. The lowest BCUT2D eigenvalue weighted by molar-refractivity contribution is -0.167. The minimum atomic E-state index is -4.47. The summed E-state index contributed by atoms with van der Waals surface area (Å²) in [5.41, 5.74) is -1.38. The van der Waals surface area contributed by atoms with Crippen molar-refractivity contribution in [1.29, 1.82) is 0 Å². The molecule has 7 heteroatoms. The molecule has 1 aromatic rings. The van der Waals surface area contributed by atoms with Crippen LogP contribution in [-0.4, -0.2) is 22.6 Å². The Bertz CT molecular complexity index is 570. The first-order valence-corrected chi connectivity index (χ1v) is 6.96. The fourth-order valence-electron chi connectivity index (χ4n) is 2.05. The van der Waals surface area contributed by atoms with Gasteiger partial charge in [0.25, 0.3) is 0 Å². The molecule has 1 rings (SSSR count). The maximum Gasteiger partial charge on any atom is 0.416 e. The van der Waals surface area contributed by atoms with Gasteiger partial charge < -0.3 is 9.84 Å². The van der Waals surface area contributed by atoms with Gasteiger partial charge in [-0.1, -0.05) is 19.1 Å². The number of rotatable bonds is 4. The van der Waals surface area contributed by atoms with Gasteiger partial charge >= 0.3 is 18.1 Å². The zero-order valence-electron chi connectivity index (χ0n) is 13.3. The van der Waals surface area contributed by atoms with Crippen LogP contribution in [0.15, 0.2) is 24.3 Å². The Labute approximate surface area is 132 Å². The number of hydrogen-bond donors (Lipinski definition) is 1. The van der Waals surface area contributed by atoms with Crippen LogP contribution in [0.25, 0.3) is 0 Å².